The monoisotopic (exact) mass is 243 g/mol. The molecule has 0 radical (unpaired) electrons. The lowest BCUT2D eigenvalue weighted by Gasteiger charge is -2.19. The summed E-state index contributed by atoms with van der Waals surface area (Å²) in [6.07, 6.45) is 1.12. The number of anilines is 1. The average molecular weight is 243 g/mol. The van der Waals surface area contributed by atoms with Crippen molar-refractivity contribution in [2.45, 2.75) is 19.9 Å². The fourth-order valence-corrected chi connectivity index (χ4v) is 1.87. The molecule has 0 aliphatic rings. The van der Waals surface area contributed by atoms with Gasteiger partial charge in [0, 0.05) is 20.1 Å². The quantitative estimate of drug-likeness (QED) is 0.766. The Labute approximate surface area is 102 Å². The van der Waals surface area contributed by atoms with Gasteiger partial charge >= 0.3 is 0 Å². The minimum Gasteiger partial charge on any atom is -0.344 e. The topological polar surface area (TPSA) is 40.1 Å². The third-order valence-electron chi connectivity index (χ3n) is 2.49. The lowest BCUT2D eigenvalue weighted by molar-refractivity contribution is 0.401. The molecule has 1 aromatic heterocycles. The average Bonchev–Trinajstić information content (AvgIpc) is 2.58. The molecule has 0 aliphatic carbocycles. The van der Waals surface area contributed by atoms with Gasteiger partial charge < -0.3 is 9.80 Å². The van der Waals surface area contributed by atoms with Gasteiger partial charge in [-0.25, -0.2) is 5.10 Å². The number of aromatic nitrogens is 3. The Balaban J connectivity index is 2.58. The zero-order valence-corrected chi connectivity index (χ0v) is 11.3. The zero-order valence-electron chi connectivity index (χ0n) is 10.5. The molecule has 0 unspecified atom stereocenters. The highest BCUT2D eigenvalue weighted by molar-refractivity contribution is 7.71. The number of hydrogen-bond donors (Lipinski definition) is 1. The van der Waals surface area contributed by atoms with Gasteiger partial charge in [-0.3, -0.25) is 4.57 Å². The highest BCUT2D eigenvalue weighted by atomic mass is 32.1. The molecular weight excluding hydrogens is 222 g/mol. The van der Waals surface area contributed by atoms with Crippen LogP contribution in [-0.2, 0) is 6.54 Å². The Kier molecular flexibility index (Phi) is 4.95. The first-order chi connectivity index (χ1) is 7.56. The van der Waals surface area contributed by atoms with E-state index in [1.165, 1.54) is 0 Å². The molecule has 1 N–H and O–H groups in total. The molecule has 0 saturated heterocycles. The molecule has 0 saturated carbocycles. The number of nitrogens with zero attached hydrogens (tertiary/aromatic N) is 4. The molecule has 92 valence electrons. The van der Waals surface area contributed by atoms with Crippen molar-refractivity contribution in [1.29, 1.82) is 0 Å². The first kappa shape index (κ1) is 13.2. The van der Waals surface area contributed by atoms with Crippen LogP contribution in [0.25, 0.3) is 0 Å². The summed E-state index contributed by atoms with van der Waals surface area (Å²) in [5.74, 6) is 0.922. The van der Waals surface area contributed by atoms with Gasteiger partial charge in [0.2, 0.25) is 5.95 Å². The van der Waals surface area contributed by atoms with E-state index in [9.17, 15) is 0 Å². The van der Waals surface area contributed by atoms with Gasteiger partial charge in [0.15, 0.2) is 4.77 Å². The van der Waals surface area contributed by atoms with E-state index in [0.717, 1.165) is 32.0 Å². The second-order valence-electron chi connectivity index (χ2n) is 4.15. The van der Waals surface area contributed by atoms with Gasteiger partial charge in [-0.15, -0.1) is 5.10 Å². The first-order valence-corrected chi connectivity index (χ1v) is 5.98. The fraction of sp³-hybridized carbons (Fsp3) is 0.800. The second kappa shape index (κ2) is 6.00. The predicted octanol–water partition coefficient (Wildman–Crippen LogP) is 1.35. The number of H-pyrrole nitrogens is 1. The lowest BCUT2D eigenvalue weighted by atomic mass is 10.4. The summed E-state index contributed by atoms with van der Waals surface area (Å²) in [7, 11) is 6.22. The molecule has 0 atom stereocenters. The molecule has 5 nitrogen and oxygen atoms in total. The smallest absolute Gasteiger partial charge is 0.225 e. The molecule has 0 fully saturated rings. The maximum absolute atomic E-state index is 5.16. The van der Waals surface area contributed by atoms with Gasteiger partial charge in [0.05, 0.1) is 0 Å². The predicted molar refractivity (Wildman–Crippen MR) is 69.5 cm³/mol. The van der Waals surface area contributed by atoms with E-state index in [-0.39, 0.29) is 0 Å². The maximum Gasteiger partial charge on any atom is 0.225 e. The summed E-state index contributed by atoms with van der Waals surface area (Å²) in [4.78, 5) is 4.32. The van der Waals surface area contributed by atoms with Crippen molar-refractivity contribution in [3.8, 4) is 0 Å². The Hall–Kier alpha value is -0.880. The number of aromatic amines is 1. The summed E-state index contributed by atoms with van der Waals surface area (Å²) >= 11 is 5.16. The molecule has 16 heavy (non-hydrogen) atoms. The number of hydrogen-bond acceptors (Lipinski definition) is 4. The summed E-state index contributed by atoms with van der Waals surface area (Å²) in [6.45, 7) is 4.99. The SMILES string of the molecule is CCn1c(N(C)CCCN(C)C)n[nH]c1=S. The van der Waals surface area contributed by atoms with Crippen LogP contribution in [0.1, 0.15) is 13.3 Å². The molecule has 0 amide bonds. The summed E-state index contributed by atoms with van der Waals surface area (Å²) < 4.78 is 2.70. The Morgan fingerprint density at radius 3 is 2.56 bits per heavy atom. The Bertz CT molecular complexity index is 368. The van der Waals surface area contributed by atoms with Crippen LogP contribution < -0.4 is 4.90 Å². The van der Waals surface area contributed by atoms with Crippen LogP contribution in [0.5, 0.6) is 0 Å². The van der Waals surface area contributed by atoms with Gasteiger partial charge in [-0.1, -0.05) is 0 Å². The minimum atomic E-state index is 0.692. The van der Waals surface area contributed by atoms with Gasteiger partial charge in [-0.05, 0) is 46.2 Å². The minimum absolute atomic E-state index is 0.692. The van der Waals surface area contributed by atoms with Crippen molar-refractivity contribution in [3.63, 3.8) is 0 Å². The van der Waals surface area contributed by atoms with Gasteiger partial charge in [-0.2, -0.15) is 0 Å². The van der Waals surface area contributed by atoms with E-state index >= 15 is 0 Å². The summed E-state index contributed by atoms with van der Waals surface area (Å²) in [5.41, 5.74) is 0. The molecule has 0 aromatic carbocycles. The van der Waals surface area contributed by atoms with Crippen molar-refractivity contribution in [3.05, 3.63) is 4.77 Å². The van der Waals surface area contributed by atoms with Crippen LogP contribution in [0.2, 0.25) is 0 Å². The third-order valence-corrected chi connectivity index (χ3v) is 2.81. The normalized spacial score (nSPS) is 11.1. The molecule has 1 rings (SSSR count). The van der Waals surface area contributed by atoms with Crippen molar-refractivity contribution < 1.29 is 0 Å². The standard InChI is InChI=1S/C10H21N5S/c1-5-15-9(11-12-10(15)16)14(4)8-6-7-13(2)3/h5-8H2,1-4H3,(H,12,16). The molecule has 6 heteroatoms. The summed E-state index contributed by atoms with van der Waals surface area (Å²) in [6, 6.07) is 0. The van der Waals surface area contributed by atoms with Crippen LogP contribution in [0, 0.1) is 4.77 Å². The molecular formula is C10H21N5S. The molecule has 0 aliphatic heterocycles. The van der Waals surface area contributed by atoms with Crippen molar-refractivity contribution in [1.82, 2.24) is 19.7 Å². The van der Waals surface area contributed by atoms with Gasteiger partial charge in [0.1, 0.15) is 0 Å². The molecule has 1 aromatic rings. The van der Waals surface area contributed by atoms with Crippen LogP contribution in [0.3, 0.4) is 0 Å². The van der Waals surface area contributed by atoms with Crippen molar-refractivity contribution in [2.24, 2.45) is 0 Å². The molecule has 1 heterocycles. The van der Waals surface area contributed by atoms with E-state index in [4.69, 9.17) is 12.2 Å². The van der Waals surface area contributed by atoms with Crippen LogP contribution in [0.15, 0.2) is 0 Å². The maximum atomic E-state index is 5.16. The van der Waals surface area contributed by atoms with Crippen molar-refractivity contribution >= 4 is 18.2 Å². The van der Waals surface area contributed by atoms with Gasteiger partial charge in [0.25, 0.3) is 0 Å². The highest BCUT2D eigenvalue weighted by Gasteiger charge is 2.09. The van der Waals surface area contributed by atoms with Crippen LogP contribution in [0.4, 0.5) is 5.95 Å². The Morgan fingerprint density at radius 2 is 2.00 bits per heavy atom. The molecule has 0 bridgehead atoms. The van der Waals surface area contributed by atoms with E-state index in [0.29, 0.717) is 4.77 Å². The zero-order chi connectivity index (χ0) is 12.1. The number of rotatable bonds is 6. The van der Waals surface area contributed by atoms with E-state index < -0.39 is 0 Å². The fourth-order valence-electron chi connectivity index (χ4n) is 1.61. The third kappa shape index (κ3) is 3.31. The van der Waals surface area contributed by atoms with Crippen molar-refractivity contribution in [2.75, 3.05) is 39.1 Å². The van der Waals surface area contributed by atoms with E-state index in [2.05, 4.69) is 41.0 Å². The Morgan fingerprint density at radius 1 is 1.31 bits per heavy atom. The first-order valence-electron chi connectivity index (χ1n) is 5.57. The summed E-state index contributed by atoms with van der Waals surface area (Å²) in [5, 5.41) is 7.07. The van der Waals surface area contributed by atoms with E-state index in [1.54, 1.807) is 0 Å². The molecule has 0 spiro atoms. The van der Waals surface area contributed by atoms with E-state index in [1.807, 2.05) is 11.6 Å². The highest BCUT2D eigenvalue weighted by Crippen LogP contribution is 2.09. The number of nitrogens with one attached hydrogen (secondary N) is 1. The largest absolute Gasteiger partial charge is 0.344 e. The second-order valence-corrected chi connectivity index (χ2v) is 4.54. The lowest BCUT2D eigenvalue weighted by Crippen LogP contribution is -2.25. The van der Waals surface area contributed by atoms with Crippen LogP contribution in [-0.4, -0.2) is 53.9 Å². The van der Waals surface area contributed by atoms with Crippen LogP contribution >= 0.6 is 12.2 Å².